The van der Waals surface area contributed by atoms with Crippen LogP contribution < -0.4 is 11.2 Å². The second kappa shape index (κ2) is 5.08. The van der Waals surface area contributed by atoms with Gasteiger partial charge in [0.1, 0.15) is 0 Å². The molecule has 3 N–H and O–H groups in total. The van der Waals surface area contributed by atoms with Gasteiger partial charge in [0.2, 0.25) is 0 Å². The van der Waals surface area contributed by atoms with E-state index in [9.17, 15) is 4.79 Å². The van der Waals surface area contributed by atoms with Crippen molar-refractivity contribution in [3.05, 3.63) is 30.1 Å². The molecule has 0 spiro atoms. The van der Waals surface area contributed by atoms with Crippen molar-refractivity contribution in [2.45, 2.75) is 13.0 Å². The summed E-state index contributed by atoms with van der Waals surface area (Å²) in [7, 11) is 0. The van der Waals surface area contributed by atoms with Crippen LogP contribution in [-0.2, 0) is 0 Å². The maximum absolute atomic E-state index is 11.3. The molecule has 1 unspecified atom stereocenters. The first-order chi connectivity index (χ1) is 6.70. The Balaban J connectivity index is 2.52. The van der Waals surface area contributed by atoms with E-state index >= 15 is 0 Å². The highest BCUT2D eigenvalue weighted by atomic mass is 16.2. The highest BCUT2D eigenvalue weighted by molar-refractivity contribution is 5.93. The number of rotatable bonds is 3. The molecule has 14 heavy (non-hydrogen) atoms. The van der Waals surface area contributed by atoms with Crippen LogP contribution in [0.15, 0.2) is 29.6 Å². The summed E-state index contributed by atoms with van der Waals surface area (Å²) in [6.45, 7) is 1.76. The fourth-order valence-corrected chi connectivity index (χ4v) is 0.775. The molecule has 0 fully saturated rings. The minimum Gasteiger partial charge on any atom is -0.323 e. The van der Waals surface area contributed by atoms with Crippen LogP contribution in [0.3, 0.4) is 0 Å². The zero-order chi connectivity index (χ0) is 10.4. The van der Waals surface area contributed by atoms with Gasteiger partial charge >= 0.3 is 0 Å². The van der Waals surface area contributed by atoms with E-state index in [1.807, 2.05) is 0 Å². The van der Waals surface area contributed by atoms with Crippen LogP contribution in [0.4, 0.5) is 0 Å². The van der Waals surface area contributed by atoms with E-state index in [1.54, 1.807) is 25.3 Å². The Labute approximate surface area is 82.0 Å². The van der Waals surface area contributed by atoms with Crippen molar-refractivity contribution in [2.24, 2.45) is 10.8 Å². The van der Waals surface area contributed by atoms with E-state index in [2.05, 4.69) is 15.5 Å². The Morgan fingerprint density at radius 1 is 1.79 bits per heavy atom. The number of nitrogens with zero attached hydrogens (tertiary/aromatic N) is 2. The van der Waals surface area contributed by atoms with E-state index in [-0.39, 0.29) is 11.9 Å². The lowest BCUT2D eigenvalue weighted by molar-refractivity contribution is 0.0954. The van der Waals surface area contributed by atoms with E-state index < -0.39 is 0 Å². The first-order valence-electron chi connectivity index (χ1n) is 4.19. The third-order valence-electron chi connectivity index (χ3n) is 1.40. The van der Waals surface area contributed by atoms with Crippen LogP contribution >= 0.6 is 0 Å². The van der Waals surface area contributed by atoms with Gasteiger partial charge in [0.25, 0.3) is 5.91 Å². The normalized spacial score (nSPS) is 12.7. The summed E-state index contributed by atoms with van der Waals surface area (Å²) >= 11 is 0. The maximum atomic E-state index is 11.3. The zero-order valence-corrected chi connectivity index (χ0v) is 7.84. The number of carbonyl (C=O) groups excluding carboxylic acids is 1. The lowest BCUT2D eigenvalue weighted by Gasteiger charge is -1.98. The van der Waals surface area contributed by atoms with Crippen molar-refractivity contribution in [2.75, 3.05) is 0 Å². The summed E-state index contributed by atoms with van der Waals surface area (Å²) in [6.07, 6.45) is 4.52. The van der Waals surface area contributed by atoms with Crippen molar-refractivity contribution in [1.29, 1.82) is 0 Å². The summed E-state index contributed by atoms with van der Waals surface area (Å²) in [5, 5.41) is 3.67. The highest BCUT2D eigenvalue weighted by Gasteiger charge is 2.01. The minimum absolute atomic E-state index is 0.177. The monoisotopic (exact) mass is 192 g/mol. The molecule has 0 radical (unpaired) electrons. The van der Waals surface area contributed by atoms with Gasteiger partial charge in [-0.25, -0.2) is 5.43 Å². The van der Waals surface area contributed by atoms with Crippen LogP contribution in [0.25, 0.3) is 0 Å². The highest BCUT2D eigenvalue weighted by Crippen LogP contribution is 1.94. The third kappa shape index (κ3) is 3.32. The molecule has 1 rings (SSSR count). The number of pyridine rings is 1. The molecule has 1 heterocycles. The molecule has 0 aliphatic rings. The number of aromatic nitrogens is 1. The first-order valence-corrected chi connectivity index (χ1v) is 4.19. The van der Waals surface area contributed by atoms with Crippen LogP contribution in [0.1, 0.15) is 17.3 Å². The topological polar surface area (TPSA) is 80.4 Å². The number of nitrogens with one attached hydrogen (secondary N) is 1. The Morgan fingerprint density at radius 3 is 3.14 bits per heavy atom. The number of hydrogen-bond acceptors (Lipinski definition) is 4. The molecule has 0 aliphatic heterocycles. The van der Waals surface area contributed by atoms with Crippen molar-refractivity contribution in [3.8, 4) is 0 Å². The van der Waals surface area contributed by atoms with E-state index in [0.717, 1.165) is 0 Å². The summed E-state index contributed by atoms with van der Waals surface area (Å²) in [5.41, 5.74) is 8.21. The van der Waals surface area contributed by atoms with Gasteiger partial charge in [-0.3, -0.25) is 9.78 Å². The molecule has 0 aliphatic carbocycles. The van der Waals surface area contributed by atoms with Gasteiger partial charge in [0.05, 0.1) is 5.56 Å². The Kier molecular flexibility index (Phi) is 3.75. The molecular formula is C9H12N4O. The molecular weight excluding hydrogens is 180 g/mol. The predicted molar refractivity (Wildman–Crippen MR) is 53.8 cm³/mol. The van der Waals surface area contributed by atoms with Gasteiger partial charge in [0, 0.05) is 24.7 Å². The Bertz CT molecular complexity index is 321. The van der Waals surface area contributed by atoms with Gasteiger partial charge in [-0.1, -0.05) is 0 Å². The average Bonchev–Trinajstić information content (AvgIpc) is 2.18. The maximum Gasteiger partial charge on any atom is 0.272 e. The molecule has 1 atom stereocenters. The van der Waals surface area contributed by atoms with Crippen molar-refractivity contribution >= 4 is 12.1 Å². The summed E-state index contributed by atoms with van der Waals surface area (Å²) in [5.74, 6) is -0.296. The zero-order valence-electron chi connectivity index (χ0n) is 7.84. The molecule has 0 bridgehead atoms. The summed E-state index contributed by atoms with van der Waals surface area (Å²) in [6, 6.07) is 3.16. The molecule has 5 nitrogen and oxygen atoms in total. The number of amides is 1. The summed E-state index contributed by atoms with van der Waals surface area (Å²) in [4.78, 5) is 15.1. The fourth-order valence-electron chi connectivity index (χ4n) is 0.775. The quantitative estimate of drug-likeness (QED) is 0.528. The molecule has 1 aromatic heterocycles. The Hall–Kier alpha value is -1.75. The number of hydrogen-bond donors (Lipinski definition) is 2. The second-order valence-electron chi connectivity index (χ2n) is 2.82. The largest absolute Gasteiger partial charge is 0.323 e. The van der Waals surface area contributed by atoms with Gasteiger partial charge in [-0.15, -0.1) is 0 Å². The average molecular weight is 192 g/mol. The minimum atomic E-state index is -0.296. The third-order valence-corrected chi connectivity index (χ3v) is 1.40. The van der Waals surface area contributed by atoms with Crippen LogP contribution in [0, 0.1) is 0 Å². The van der Waals surface area contributed by atoms with Crippen LogP contribution in [0.2, 0.25) is 0 Å². The lowest BCUT2D eigenvalue weighted by Crippen LogP contribution is -2.22. The second-order valence-corrected chi connectivity index (χ2v) is 2.82. The van der Waals surface area contributed by atoms with Gasteiger partial charge in [-0.05, 0) is 19.1 Å². The Morgan fingerprint density at radius 2 is 2.57 bits per heavy atom. The van der Waals surface area contributed by atoms with Gasteiger partial charge in [-0.2, -0.15) is 5.10 Å². The molecule has 74 valence electrons. The van der Waals surface area contributed by atoms with E-state index in [0.29, 0.717) is 5.56 Å². The fraction of sp³-hybridized carbons (Fsp3) is 0.222. The van der Waals surface area contributed by atoms with E-state index in [1.165, 1.54) is 12.4 Å². The smallest absolute Gasteiger partial charge is 0.272 e. The van der Waals surface area contributed by atoms with Crippen molar-refractivity contribution in [1.82, 2.24) is 10.4 Å². The van der Waals surface area contributed by atoms with Crippen LogP contribution in [0.5, 0.6) is 0 Å². The van der Waals surface area contributed by atoms with Crippen molar-refractivity contribution in [3.63, 3.8) is 0 Å². The standard InChI is InChI=1S/C9H12N4O/c1-7(10)5-12-13-9(14)8-3-2-4-11-6-8/h2-7H,10H2,1H3,(H,13,14)/b12-5+. The van der Waals surface area contributed by atoms with Crippen LogP contribution in [-0.4, -0.2) is 23.1 Å². The molecule has 0 aromatic carbocycles. The number of carbonyl (C=O) groups is 1. The molecule has 0 saturated carbocycles. The number of hydrazone groups is 1. The van der Waals surface area contributed by atoms with Gasteiger partial charge in [0.15, 0.2) is 0 Å². The van der Waals surface area contributed by atoms with Crippen molar-refractivity contribution < 1.29 is 4.79 Å². The summed E-state index contributed by atoms with van der Waals surface area (Å²) < 4.78 is 0. The molecule has 5 heteroatoms. The van der Waals surface area contributed by atoms with Gasteiger partial charge < -0.3 is 5.73 Å². The molecule has 1 amide bonds. The number of nitrogens with two attached hydrogens (primary N) is 1. The SMILES string of the molecule is CC(N)/C=N/NC(=O)c1cccnc1. The first kappa shape index (κ1) is 10.3. The molecule has 0 saturated heterocycles. The lowest BCUT2D eigenvalue weighted by atomic mass is 10.3. The van der Waals surface area contributed by atoms with E-state index in [4.69, 9.17) is 5.73 Å². The predicted octanol–water partition coefficient (Wildman–Crippen LogP) is 0.144. The molecule has 1 aromatic rings.